The van der Waals surface area contributed by atoms with Gasteiger partial charge in [0.1, 0.15) is 5.75 Å². The van der Waals surface area contributed by atoms with Gasteiger partial charge in [-0.1, -0.05) is 31.7 Å². The Hall–Kier alpha value is -0.980. The molecular formula is C18H26O. The van der Waals surface area contributed by atoms with Crippen LogP contribution in [0.2, 0.25) is 0 Å². The van der Waals surface area contributed by atoms with Crippen LogP contribution in [0.5, 0.6) is 5.75 Å². The molecule has 104 valence electrons. The van der Waals surface area contributed by atoms with Crippen molar-refractivity contribution in [3.05, 3.63) is 28.3 Å². The van der Waals surface area contributed by atoms with Crippen LogP contribution in [0.3, 0.4) is 0 Å². The zero-order valence-corrected chi connectivity index (χ0v) is 12.3. The monoisotopic (exact) mass is 258 g/mol. The molecule has 19 heavy (non-hydrogen) atoms. The summed E-state index contributed by atoms with van der Waals surface area (Å²) in [6.07, 6.45) is 10.4. The minimum absolute atomic E-state index is 0.612. The quantitative estimate of drug-likeness (QED) is 0.760. The summed E-state index contributed by atoms with van der Waals surface area (Å²) in [5.41, 5.74) is 5.18. The second-order valence-electron chi connectivity index (χ2n) is 6.65. The van der Waals surface area contributed by atoms with Crippen LogP contribution in [0.15, 0.2) is 6.07 Å². The lowest BCUT2D eigenvalue weighted by Gasteiger charge is -2.23. The molecule has 0 aromatic heterocycles. The first-order valence-electron chi connectivity index (χ1n) is 8.01. The normalized spacial score (nSPS) is 21.4. The summed E-state index contributed by atoms with van der Waals surface area (Å²) < 4.78 is 0. The smallest absolute Gasteiger partial charge is 0.123 e. The Bertz CT molecular complexity index is 423. The van der Waals surface area contributed by atoms with Gasteiger partial charge in [-0.05, 0) is 62.5 Å². The van der Waals surface area contributed by atoms with E-state index < -0.39 is 0 Å². The van der Waals surface area contributed by atoms with Gasteiger partial charge in [0.15, 0.2) is 0 Å². The minimum atomic E-state index is 0.612. The molecule has 0 saturated heterocycles. The van der Waals surface area contributed by atoms with Crippen molar-refractivity contribution >= 4 is 0 Å². The maximum atomic E-state index is 10.9. The number of hydrogen-bond acceptors (Lipinski definition) is 1. The van der Waals surface area contributed by atoms with E-state index >= 15 is 0 Å². The summed E-state index contributed by atoms with van der Waals surface area (Å²) in [7, 11) is 0. The van der Waals surface area contributed by atoms with E-state index in [1.54, 1.807) is 0 Å². The Labute approximate surface area is 117 Å². The van der Waals surface area contributed by atoms with Crippen molar-refractivity contribution in [1.82, 2.24) is 0 Å². The van der Waals surface area contributed by atoms with Crippen LogP contribution in [-0.4, -0.2) is 5.11 Å². The summed E-state index contributed by atoms with van der Waals surface area (Å²) in [5.74, 6) is 1.89. The number of aryl methyl sites for hydroxylation is 2. The van der Waals surface area contributed by atoms with Crippen LogP contribution in [0, 0.1) is 13.8 Å². The molecule has 0 atom stereocenters. The van der Waals surface area contributed by atoms with Crippen molar-refractivity contribution in [3.63, 3.8) is 0 Å². The Morgan fingerprint density at radius 3 is 1.53 bits per heavy atom. The van der Waals surface area contributed by atoms with Crippen LogP contribution in [-0.2, 0) is 0 Å². The van der Waals surface area contributed by atoms with Crippen LogP contribution in [0.4, 0.5) is 0 Å². The summed E-state index contributed by atoms with van der Waals surface area (Å²) in [5, 5.41) is 10.9. The lowest BCUT2D eigenvalue weighted by molar-refractivity contribution is 0.445. The highest BCUT2D eigenvalue weighted by Gasteiger charge is 2.28. The Morgan fingerprint density at radius 2 is 1.16 bits per heavy atom. The molecular weight excluding hydrogens is 232 g/mol. The predicted molar refractivity (Wildman–Crippen MR) is 80.0 cm³/mol. The van der Waals surface area contributed by atoms with Gasteiger partial charge in [-0.3, -0.25) is 0 Å². The van der Waals surface area contributed by atoms with E-state index in [1.165, 1.54) is 73.6 Å². The number of benzene rings is 1. The fourth-order valence-corrected chi connectivity index (χ4v) is 4.46. The van der Waals surface area contributed by atoms with Crippen molar-refractivity contribution in [2.45, 2.75) is 77.0 Å². The molecule has 0 radical (unpaired) electrons. The standard InChI is InChI=1S/C18H26O/c1-12-11-13(2)17(15-9-5-6-10-15)18(19)16(12)14-7-3-4-8-14/h11,14-15,19H,3-10H2,1-2H3. The highest BCUT2D eigenvalue weighted by Crippen LogP contribution is 2.47. The van der Waals surface area contributed by atoms with Gasteiger partial charge in [-0.15, -0.1) is 0 Å². The zero-order valence-electron chi connectivity index (χ0n) is 12.3. The zero-order chi connectivity index (χ0) is 13.4. The topological polar surface area (TPSA) is 20.2 Å². The number of phenols is 1. The van der Waals surface area contributed by atoms with E-state index in [0.717, 1.165) is 0 Å². The van der Waals surface area contributed by atoms with E-state index in [9.17, 15) is 5.11 Å². The van der Waals surface area contributed by atoms with E-state index in [2.05, 4.69) is 19.9 Å². The maximum Gasteiger partial charge on any atom is 0.123 e. The molecule has 0 unspecified atom stereocenters. The van der Waals surface area contributed by atoms with E-state index in [4.69, 9.17) is 0 Å². The Kier molecular flexibility index (Phi) is 3.56. The number of phenolic OH excluding ortho intramolecular Hbond substituents is 1. The molecule has 0 bridgehead atoms. The average molecular weight is 258 g/mol. The van der Waals surface area contributed by atoms with E-state index in [-0.39, 0.29) is 0 Å². The predicted octanol–water partition coefficient (Wildman–Crippen LogP) is 5.32. The van der Waals surface area contributed by atoms with E-state index in [0.29, 0.717) is 17.6 Å². The molecule has 0 aliphatic heterocycles. The first-order valence-corrected chi connectivity index (χ1v) is 8.01. The molecule has 1 heteroatoms. The van der Waals surface area contributed by atoms with Crippen LogP contribution in [0.1, 0.15) is 85.5 Å². The largest absolute Gasteiger partial charge is 0.507 e. The highest BCUT2D eigenvalue weighted by atomic mass is 16.3. The molecule has 0 spiro atoms. The SMILES string of the molecule is Cc1cc(C)c(C2CCCC2)c(O)c1C1CCCC1. The van der Waals surface area contributed by atoms with Crippen molar-refractivity contribution in [2.24, 2.45) is 0 Å². The first-order chi connectivity index (χ1) is 9.18. The molecule has 1 nitrogen and oxygen atoms in total. The Balaban J connectivity index is 2.05. The second kappa shape index (κ2) is 5.19. The second-order valence-corrected chi connectivity index (χ2v) is 6.65. The van der Waals surface area contributed by atoms with Gasteiger partial charge in [-0.2, -0.15) is 0 Å². The summed E-state index contributed by atoms with van der Waals surface area (Å²) in [6.45, 7) is 4.36. The minimum Gasteiger partial charge on any atom is -0.507 e. The number of hydrogen-bond donors (Lipinski definition) is 1. The molecule has 0 amide bonds. The van der Waals surface area contributed by atoms with Crippen LogP contribution >= 0.6 is 0 Å². The molecule has 2 fully saturated rings. The molecule has 1 aromatic rings. The van der Waals surface area contributed by atoms with Gasteiger partial charge in [0.2, 0.25) is 0 Å². The Morgan fingerprint density at radius 1 is 0.789 bits per heavy atom. The molecule has 1 N–H and O–H groups in total. The number of rotatable bonds is 2. The molecule has 2 aliphatic rings. The van der Waals surface area contributed by atoms with Gasteiger partial charge < -0.3 is 5.11 Å². The summed E-state index contributed by atoms with van der Waals surface area (Å²) in [6, 6.07) is 2.32. The van der Waals surface area contributed by atoms with Crippen molar-refractivity contribution in [1.29, 1.82) is 0 Å². The lowest BCUT2D eigenvalue weighted by Crippen LogP contribution is -2.04. The molecule has 0 heterocycles. The molecule has 2 saturated carbocycles. The third-order valence-electron chi connectivity index (χ3n) is 5.32. The van der Waals surface area contributed by atoms with Crippen LogP contribution < -0.4 is 0 Å². The maximum absolute atomic E-state index is 10.9. The van der Waals surface area contributed by atoms with Crippen molar-refractivity contribution < 1.29 is 5.11 Å². The molecule has 1 aromatic carbocycles. The highest BCUT2D eigenvalue weighted by molar-refractivity contribution is 5.53. The van der Waals surface area contributed by atoms with Gasteiger partial charge in [0.05, 0.1) is 0 Å². The van der Waals surface area contributed by atoms with Crippen molar-refractivity contribution in [3.8, 4) is 5.75 Å². The summed E-state index contributed by atoms with van der Waals surface area (Å²) >= 11 is 0. The average Bonchev–Trinajstić information content (AvgIpc) is 3.00. The van der Waals surface area contributed by atoms with Gasteiger partial charge >= 0.3 is 0 Å². The van der Waals surface area contributed by atoms with E-state index in [1.807, 2.05) is 0 Å². The number of aromatic hydroxyl groups is 1. The fourth-order valence-electron chi connectivity index (χ4n) is 4.46. The lowest BCUT2D eigenvalue weighted by atomic mass is 9.84. The van der Waals surface area contributed by atoms with Gasteiger partial charge in [0.25, 0.3) is 0 Å². The van der Waals surface area contributed by atoms with Crippen molar-refractivity contribution in [2.75, 3.05) is 0 Å². The van der Waals surface area contributed by atoms with Gasteiger partial charge in [0, 0.05) is 11.1 Å². The van der Waals surface area contributed by atoms with Crippen LogP contribution in [0.25, 0.3) is 0 Å². The molecule has 2 aliphatic carbocycles. The summed E-state index contributed by atoms with van der Waals surface area (Å²) in [4.78, 5) is 0. The van der Waals surface area contributed by atoms with Gasteiger partial charge in [-0.25, -0.2) is 0 Å². The third-order valence-corrected chi connectivity index (χ3v) is 5.32. The first kappa shape index (κ1) is 13.0. The fraction of sp³-hybridized carbons (Fsp3) is 0.667. The third kappa shape index (κ3) is 2.28. The molecule has 3 rings (SSSR count).